The molecule has 0 saturated heterocycles. The highest BCUT2D eigenvalue weighted by molar-refractivity contribution is 5.85. The van der Waals surface area contributed by atoms with Crippen molar-refractivity contribution < 1.29 is 0 Å². The van der Waals surface area contributed by atoms with Crippen molar-refractivity contribution in [3.05, 3.63) is 59.7 Å². The lowest BCUT2D eigenvalue weighted by molar-refractivity contribution is 0.406. The smallest absolute Gasteiger partial charge is 0.0661 e. The highest BCUT2D eigenvalue weighted by Crippen LogP contribution is 2.32. The Labute approximate surface area is 135 Å². The molecule has 1 aliphatic rings. The molecule has 0 saturated carbocycles. The number of hydrogen-bond acceptors (Lipinski definition) is 1. The Kier molecular flexibility index (Phi) is 7.77. The fourth-order valence-electron chi connectivity index (χ4n) is 2.98. The first-order valence-electron chi connectivity index (χ1n) is 7.94. The van der Waals surface area contributed by atoms with Crippen LogP contribution in [0.15, 0.2) is 48.6 Å². The van der Waals surface area contributed by atoms with Crippen LogP contribution in [-0.4, -0.2) is 6.54 Å². The fourth-order valence-corrected chi connectivity index (χ4v) is 2.98. The number of allylic oxidation sites excluding steroid dienone is 2. The van der Waals surface area contributed by atoms with Gasteiger partial charge in [0.1, 0.15) is 0 Å². The van der Waals surface area contributed by atoms with E-state index in [0.29, 0.717) is 0 Å². The van der Waals surface area contributed by atoms with Crippen molar-refractivity contribution in [1.29, 1.82) is 0 Å². The van der Waals surface area contributed by atoms with Crippen molar-refractivity contribution in [3.8, 4) is 0 Å². The number of halogens is 1. The SMILES string of the molecule is CCCCCCNC1(c2ccccc2C)C=CC=CC1.Cl. The van der Waals surface area contributed by atoms with Crippen LogP contribution in [0.1, 0.15) is 50.2 Å². The minimum atomic E-state index is -0.00763. The van der Waals surface area contributed by atoms with E-state index in [1.165, 1.54) is 36.8 Å². The lowest BCUT2D eigenvalue weighted by atomic mass is 9.81. The maximum atomic E-state index is 3.81. The third kappa shape index (κ3) is 4.72. The Morgan fingerprint density at radius 3 is 2.57 bits per heavy atom. The molecule has 2 rings (SSSR count). The van der Waals surface area contributed by atoms with E-state index in [4.69, 9.17) is 0 Å². The summed E-state index contributed by atoms with van der Waals surface area (Å²) >= 11 is 0. The zero-order valence-corrected chi connectivity index (χ0v) is 14.1. The van der Waals surface area contributed by atoms with Crippen molar-refractivity contribution in [2.75, 3.05) is 6.54 Å². The van der Waals surface area contributed by atoms with Crippen molar-refractivity contribution in [2.24, 2.45) is 0 Å². The molecule has 0 aromatic heterocycles. The van der Waals surface area contributed by atoms with Gasteiger partial charge in [0.05, 0.1) is 5.54 Å². The number of benzene rings is 1. The van der Waals surface area contributed by atoms with Gasteiger partial charge in [0.2, 0.25) is 0 Å². The molecule has 1 aromatic rings. The van der Waals surface area contributed by atoms with Crippen molar-refractivity contribution in [2.45, 2.75) is 51.5 Å². The maximum Gasteiger partial charge on any atom is 0.0661 e. The van der Waals surface area contributed by atoms with Crippen LogP contribution in [0.4, 0.5) is 0 Å². The summed E-state index contributed by atoms with van der Waals surface area (Å²) in [7, 11) is 0. The normalized spacial score (nSPS) is 20.3. The average Bonchev–Trinajstić information content (AvgIpc) is 2.48. The lowest BCUT2D eigenvalue weighted by Crippen LogP contribution is -2.42. The second-order valence-electron chi connectivity index (χ2n) is 5.77. The summed E-state index contributed by atoms with van der Waals surface area (Å²) in [4.78, 5) is 0. The van der Waals surface area contributed by atoms with Gasteiger partial charge in [-0.1, -0.05) is 74.8 Å². The number of rotatable bonds is 7. The maximum absolute atomic E-state index is 3.81. The molecule has 0 bridgehead atoms. The van der Waals surface area contributed by atoms with Gasteiger partial charge in [-0.05, 0) is 37.4 Å². The van der Waals surface area contributed by atoms with Crippen LogP contribution in [0.25, 0.3) is 0 Å². The predicted octanol–water partition coefficient (Wildman–Crippen LogP) is 5.30. The molecule has 0 radical (unpaired) electrons. The first kappa shape index (κ1) is 18.0. The van der Waals surface area contributed by atoms with Gasteiger partial charge in [-0.15, -0.1) is 12.4 Å². The number of hydrogen-bond donors (Lipinski definition) is 1. The number of aryl methyl sites for hydroxylation is 1. The van der Waals surface area contributed by atoms with E-state index in [1.807, 2.05) is 0 Å². The molecular formula is C19H28ClN. The Morgan fingerprint density at radius 2 is 1.90 bits per heavy atom. The predicted molar refractivity (Wildman–Crippen MR) is 95.1 cm³/mol. The summed E-state index contributed by atoms with van der Waals surface area (Å²) in [5, 5.41) is 3.81. The molecule has 21 heavy (non-hydrogen) atoms. The van der Waals surface area contributed by atoms with Gasteiger partial charge in [-0.25, -0.2) is 0 Å². The van der Waals surface area contributed by atoms with E-state index in [9.17, 15) is 0 Å². The van der Waals surface area contributed by atoms with Gasteiger partial charge in [-0.2, -0.15) is 0 Å². The molecule has 0 aliphatic heterocycles. The topological polar surface area (TPSA) is 12.0 Å². The molecule has 1 aliphatic carbocycles. The molecule has 1 atom stereocenters. The van der Waals surface area contributed by atoms with Gasteiger partial charge >= 0.3 is 0 Å². The molecular weight excluding hydrogens is 278 g/mol. The highest BCUT2D eigenvalue weighted by atomic mass is 35.5. The molecule has 1 aromatic carbocycles. The molecule has 2 heteroatoms. The van der Waals surface area contributed by atoms with E-state index in [-0.39, 0.29) is 17.9 Å². The van der Waals surface area contributed by atoms with Crippen LogP contribution in [0.2, 0.25) is 0 Å². The molecule has 0 amide bonds. The minimum Gasteiger partial charge on any atom is -0.304 e. The zero-order chi connectivity index (χ0) is 14.3. The van der Waals surface area contributed by atoms with Crippen LogP contribution in [0, 0.1) is 6.92 Å². The summed E-state index contributed by atoms with van der Waals surface area (Å²) in [6.07, 6.45) is 15.2. The van der Waals surface area contributed by atoms with Gasteiger partial charge in [0.15, 0.2) is 0 Å². The molecule has 0 spiro atoms. The molecule has 1 unspecified atom stereocenters. The lowest BCUT2D eigenvalue weighted by Gasteiger charge is -2.34. The van der Waals surface area contributed by atoms with Crippen LogP contribution in [0.3, 0.4) is 0 Å². The summed E-state index contributed by atoms with van der Waals surface area (Å²) in [5.41, 5.74) is 2.77. The monoisotopic (exact) mass is 305 g/mol. The molecule has 1 N–H and O–H groups in total. The standard InChI is InChI=1S/C19H27N.ClH/c1-3-4-5-11-16-20-19(14-9-6-10-15-19)18-13-8-7-12-17(18)2;/h6-10,12-14,20H,3-5,11,15-16H2,1-2H3;1H. The van der Waals surface area contributed by atoms with Crippen molar-refractivity contribution in [3.63, 3.8) is 0 Å². The Bertz CT molecular complexity index is 478. The van der Waals surface area contributed by atoms with Gasteiger partial charge < -0.3 is 5.32 Å². The van der Waals surface area contributed by atoms with Gasteiger partial charge in [0, 0.05) is 0 Å². The summed E-state index contributed by atoms with van der Waals surface area (Å²) in [6, 6.07) is 8.74. The fraction of sp³-hybridized carbons (Fsp3) is 0.474. The molecule has 1 nitrogen and oxygen atoms in total. The van der Waals surface area contributed by atoms with E-state index < -0.39 is 0 Å². The third-order valence-corrected chi connectivity index (χ3v) is 4.16. The Balaban J connectivity index is 0.00000220. The van der Waals surface area contributed by atoms with E-state index in [2.05, 4.69) is 67.7 Å². The van der Waals surface area contributed by atoms with Crippen LogP contribution >= 0.6 is 12.4 Å². The van der Waals surface area contributed by atoms with Gasteiger partial charge in [0.25, 0.3) is 0 Å². The molecule has 0 heterocycles. The first-order chi connectivity index (χ1) is 9.78. The van der Waals surface area contributed by atoms with Crippen molar-refractivity contribution >= 4 is 12.4 Å². The van der Waals surface area contributed by atoms with Crippen LogP contribution in [0.5, 0.6) is 0 Å². The highest BCUT2D eigenvalue weighted by Gasteiger charge is 2.29. The van der Waals surface area contributed by atoms with Crippen LogP contribution in [-0.2, 0) is 5.54 Å². The largest absolute Gasteiger partial charge is 0.304 e. The Morgan fingerprint density at radius 1 is 1.10 bits per heavy atom. The second-order valence-corrected chi connectivity index (χ2v) is 5.77. The minimum absolute atomic E-state index is 0. The van der Waals surface area contributed by atoms with E-state index in [1.54, 1.807) is 0 Å². The quantitative estimate of drug-likeness (QED) is 0.674. The summed E-state index contributed by atoms with van der Waals surface area (Å²) in [6.45, 7) is 5.56. The van der Waals surface area contributed by atoms with Crippen LogP contribution < -0.4 is 5.32 Å². The third-order valence-electron chi connectivity index (χ3n) is 4.16. The molecule has 0 fully saturated rings. The summed E-state index contributed by atoms with van der Waals surface area (Å²) in [5.74, 6) is 0. The molecule has 116 valence electrons. The number of nitrogens with one attached hydrogen (secondary N) is 1. The van der Waals surface area contributed by atoms with E-state index in [0.717, 1.165) is 13.0 Å². The summed E-state index contributed by atoms with van der Waals surface area (Å²) < 4.78 is 0. The van der Waals surface area contributed by atoms with Crippen molar-refractivity contribution in [1.82, 2.24) is 5.32 Å². The Hall–Kier alpha value is -1.05. The first-order valence-corrected chi connectivity index (χ1v) is 7.94. The second kappa shape index (κ2) is 9.07. The average molecular weight is 306 g/mol. The zero-order valence-electron chi connectivity index (χ0n) is 13.3. The van der Waals surface area contributed by atoms with E-state index >= 15 is 0 Å². The van der Waals surface area contributed by atoms with Gasteiger partial charge in [-0.3, -0.25) is 0 Å². The number of unbranched alkanes of at least 4 members (excludes halogenated alkanes) is 3.